The molecule has 0 spiro atoms. The van der Waals surface area contributed by atoms with Crippen LogP contribution in [0.5, 0.6) is 0 Å². The van der Waals surface area contributed by atoms with Gasteiger partial charge in [-0.3, -0.25) is 0 Å². The second-order valence-corrected chi connectivity index (χ2v) is 10.2. The first-order chi connectivity index (χ1) is 6.20. The molecular formula is C12H22OSi. The highest BCUT2D eigenvalue weighted by Crippen LogP contribution is 2.35. The summed E-state index contributed by atoms with van der Waals surface area (Å²) in [4.78, 5) is 0. The molecule has 0 unspecified atom stereocenters. The molecule has 1 nitrogen and oxygen atoms in total. The highest BCUT2D eigenvalue weighted by Gasteiger charge is 2.33. The molecule has 2 heteroatoms. The van der Waals surface area contributed by atoms with E-state index in [1.54, 1.807) is 6.08 Å². The Hall–Kier alpha value is -0.523. The molecule has 0 bridgehead atoms. The fourth-order valence-electron chi connectivity index (χ4n) is 0.668. The van der Waals surface area contributed by atoms with Crippen LogP contribution in [0.15, 0.2) is 12.7 Å². The lowest BCUT2D eigenvalue weighted by Crippen LogP contribution is -2.35. The summed E-state index contributed by atoms with van der Waals surface area (Å²) in [5.41, 5.74) is 3.27. The lowest BCUT2D eigenvalue weighted by atomic mass is 10.2. The fourth-order valence-corrected chi connectivity index (χ4v) is 1.57. The van der Waals surface area contributed by atoms with Crippen molar-refractivity contribution in [3.8, 4) is 11.5 Å². The Balaban J connectivity index is 4.56. The molecule has 0 fully saturated rings. The van der Waals surface area contributed by atoms with Crippen LogP contribution in [-0.2, 0) is 0 Å². The molecule has 14 heavy (non-hydrogen) atoms. The Bertz CT molecular complexity index is 250. The topological polar surface area (TPSA) is 20.2 Å². The van der Waals surface area contributed by atoms with Gasteiger partial charge in [-0.15, -0.1) is 12.1 Å². The van der Waals surface area contributed by atoms with Gasteiger partial charge < -0.3 is 5.11 Å². The highest BCUT2D eigenvalue weighted by molar-refractivity contribution is 6.87. The van der Waals surface area contributed by atoms with Gasteiger partial charge in [0.05, 0.1) is 0 Å². The van der Waals surface area contributed by atoms with Crippen molar-refractivity contribution in [3.05, 3.63) is 12.7 Å². The molecule has 0 aromatic carbocycles. The van der Waals surface area contributed by atoms with Crippen molar-refractivity contribution >= 4 is 8.07 Å². The van der Waals surface area contributed by atoms with Gasteiger partial charge in [0, 0.05) is 6.42 Å². The van der Waals surface area contributed by atoms with Gasteiger partial charge in [-0.25, -0.2) is 0 Å². The molecule has 0 aliphatic carbocycles. The summed E-state index contributed by atoms with van der Waals surface area (Å²) in [7, 11) is -1.55. The van der Waals surface area contributed by atoms with Crippen LogP contribution in [0.25, 0.3) is 0 Å². The second kappa shape index (κ2) is 4.81. The highest BCUT2D eigenvalue weighted by atomic mass is 28.3. The molecule has 0 amide bonds. The van der Waals surface area contributed by atoms with E-state index in [1.807, 2.05) is 0 Å². The summed E-state index contributed by atoms with van der Waals surface area (Å²) in [6.45, 7) is 14.7. The lowest BCUT2D eigenvalue weighted by molar-refractivity contribution is 0.236. The van der Waals surface area contributed by atoms with Crippen molar-refractivity contribution in [2.24, 2.45) is 0 Å². The normalized spacial score (nSPS) is 14.1. The molecule has 0 saturated heterocycles. The first kappa shape index (κ1) is 13.5. The molecule has 0 aromatic rings. The Kier molecular flexibility index (Phi) is 4.63. The third-order valence-electron chi connectivity index (χ3n) is 2.82. The predicted molar refractivity (Wildman–Crippen MR) is 65.8 cm³/mol. The number of aliphatic hydroxyl groups is 1. The molecule has 0 aliphatic heterocycles. The maximum atomic E-state index is 9.46. The molecule has 0 radical (unpaired) electrons. The smallest absolute Gasteiger partial charge is 0.137 e. The Morgan fingerprint density at radius 2 is 1.93 bits per heavy atom. The van der Waals surface area contributed by atoms with Crippen molar-refractivity contribution in [2.75, 3.05) is 0 Å². The summed E-state index contributed by atoms with van der Waals surface area (Å²) < 4.78 is 0. The summed E-state index contributed by atoms with van der Waals surface area (Å²) in [6, 6.07) is 0. The van der Waals surface area contributed by atoms with Crippen LogP contribution < -0.4 is 0 Å². The maximum absolute atomic E-state index is 9.46. The molecule has 0 heterocycles. The van der Waals surface area contributed by atoms with Crippen LogP contribution in [0.2, 0.25) is 18.1 Å². The van der Waals surface area contributed by atoms with E-state index in [0.717, 1.165) is 0 Å². The van der Waals surface area contributed by atoms with Crippen molar-refractivity contribution in [3.63, 3.8) is 0 Å². The maximum Gasteiger partial charge on any atom is 0.137 e. The number of aliphatic hydroxyl groups excluding tert-OH is 1. The van der Waals surface area contributed by atoms with Gasteiger partial charge in [0.25, 0.3) is 0 Å². The third kappa shape index (κ3) is 4.12. The Morgan fingerprint density at radius 3 is 2.29 bits per heavy atom. The average molecular weight is 210 g/mol. The summed E-state index contributed by atoms with van der Waals surface area (Å²) >= 11 is 0. The number of rotatable bonds is 2. The largest absolute Gasteiger partial charge is 0.380 e. The first-order valence-corrected chi connectivity index (χ1v) is 8.02. The van der Waals surface area contributed by atoms with Gasteiger partial charge in [-0.05, 0) is 5.04 Å². The molecular weight excluding hydrogens is 188 g/mol. The van der Waals surface area contributed by atoms with Gasteiger partial charge in [0.15, 0.2) is 0 Å². The quantitative estimate of drug-likeness (QED) is 0.422. The monoisotopic (exact) mass is 210 g/mol. The molecule has 0 rings (SSSR count). The third-order valence-corrected chi connectivity index (χ3v) is 7.34. The zero-order valence-corrected chi connectivity index (χ0v) is 11.0. The first-order valence-electron chi connectivity index (χ1n) is 5.02. The minimum absolute atomic E-state index is 0.258. The van der Waals surface area contributed by atoms with E-state index in [2.05, 4.69) is 51.9 Å². The van der Waals surface area contributed by atoms with Gasteiger partial charge in [-0.1, -0.05) is 45.9 Å². The Morgan fingerprint density at radius 1 is 1.43 bits per heavy atom. The van der Waals surface area contributed by atoms with Crippen LogP contribution in [-0.4, -0.2) is 19.3 Å². The molecule has 0 aliphatic rings. The number of hydrogen-bond donors (Lipinski definition) is 1. The van der Waals surface area contributed by atoms with Crippen molar-refractivity contribution in [2.45, 2.75) is 51.4 Å². The number of hydrogen-bond acceptors (Lipinski definition) is 1. The Labute approximate surface area is 89.2 Å². The van der Waals surface area contributed by atoms with E-state index in [-0.39, 0.29) is 5.04 Å². The molecule has 1 N–H and O–H groups in total. The van der Waals surface area contributed by atoms with Crippen LogP contribution in [0.1, 0.15) is 27.2 Å². The molecule has 0 aromatic heterocycles. The van der Waals surface area contributed by atoms with E-state index in [1.165, 1.54) is 0 Å². The van der Waals surface area contributed by atoms with Gasteiger partial charge in [-0.2, -0.15) is 0 Å². The van der Waals surface area contributed by atoms with Crippen LogP contribution in [0.4, 0.5) is 0 Å². The molecule has 80 valence electrons. The van der Waals surface area contributed by atoms with E-state index in [9.17, 15) is 5.11 Å². The molecule has 1 atom stereocenters. The van der Waals surface area contributed by atoms with Gasteiger partial charge >= 0.3 is 0 Å². The van der Waals surface area contributed by atoms with E-state index >= 15 is 0 Å². The SMILES string of the molecule is C=CC[C@H](O)C#C[Si](C)(C)C(C)(C)C. The van der Waals surface area contributed by atoms with Crippen molar-refractivity contribution < 1.29 is 5.11 Å². The minimum atomic E-state index is -1.55. The lowest BCUT2D eigenvalue weighted by Gasteiger charge is -2.31. The minimum Gasteiger partial charge on any atom is -0.380 e. The zero-order valence-electron chi connectivity index (χ0n) is 10.0. The standard InChI is InChI=1S/C12H22OSi/c1-7-8-11(13)9-10-14(5,6)12(2,3)4/h7,11,13H,1,8H2,2-6H3/t11-/m0/s1. The summed E-state index contributed by atoms with van der Waals surface area (Å²) in [5, 5.41) is 9.71. The zero-order chi connectivity index (χ0) is 11.4. The van der Waals surface area contributed by atoms with E-state index in [0.29, 0.717) is 6.42 Å². The van der Waals surface area contributed by atoms with Crippen LogP contribution in [0, 0.1) is 11.5 Å². The van der Waals surface area contributed by atoms with Crippen LogP contribution in [0.3, 0.4) is 0 Å². The summed E-state index contributed by atoms with van der Waals surface area (Å²) in [5.74, 6) is 2.93. The predicted octanol–water partition coefficient (Wildman–Crippen LogP) is 2.97. The van der Waals surface area contributed by atoms with E-state index < -0.39 is 14.2 Å². The van der Waals surface area contributed by atoms with Crippen molar-refractivity contribution in [1.82, 2.24) is 0 Å². The summed E-state index contributed by atoms with van der Waals surface area (Å²) in [6.07, 6.45) is 1.72. The van der Waals surface area contributed by atoms with Crippen molar-refractivity contribution in [1.29, 1.82) is 0 Å². The second-order valence-electron chi connectivity index (χ2n) is 5.18. The average Bonchev–Trinajstić information content (AvgIpc) is 1.99. The van der Waals surface area contributed by atoms with Gasteiger partial charge in [0.1, 0.15) is 14.2 Å². The molecule has 0 saturated carbocycles. The fraction of sp³-hybridized carbons (Fsp3) is 0.667. The van der Waals surface area contributed by atoms with Crippen LogP contribution >= 0.6 is 0 Å². The van der Waals surface area contributed by atoms with Gasteiger partial charge in [0.2, 0.25) is 0 Å². The van der Waals surface area contributed by atoms with E-state index in [4.69, 9.17) is 0 Å².